The maximum Gasteiger partial charge on any atom is 0.336 e. The van der Waals surface area contributed by atoms with Gasteiger partial charge < -0.3 is 9.15 Å². The summed E-state index contributed by atoms with van der Waals surface area (Å²) in [5.74, 6) is 1.43. The van der Waals surface area contributed by atoms with E-state index in [0.717, 1.165) is 22.9 Å². The van der Waals surface area contributed by atoms with Crippen molar-refractivity contribution in [1.29, 1.82) is 0 Å². The molecule has 5 nitrogen and oxygen atoms in total. The number of rotatable bonds is 5. The monoisotopic (exact) mass is 350 g/mol. The third-order valence-electron chi connectivity index (χ3n) is 4.53. The van der Waals surface area contributed by atoms with Gasteiger partial charge in [0.05, 0.1) is 23.5 Å². The van der Waals surface area contributed by atoms with Crippen LogP contribution in [0.3, 0.4) is 0 Å². The van der Waals surface area contributed by atoms with Gasteiger partial charge in [0.25, 0.3) is 0 Å². The Bertz CT molecular complexity index is 911. The summed E-state index contributed by atoms with van der Waals surface area (Å²) in [7, 11) is -2.85. The second-order valence-corrected chi connectivity index (χ2v) is 8.72. The van der Waals surface area contributed by atoms with Gasteiger partial charge in [-0.15, -0.1) is 0 Å². The average molecular weight is 350 g/mol. The highest BCUT2D eigenvalue weighted by atomic mass is 32.2. The van der Waals surface area contributed by atoms with Crippen LogP contribution in [0.4, 0.5) is 0 Å². The molecule has 6 heteroatoms. The fourth-order valence-corrected chi connectivity index (χ4v) is 5.21. The molecule has 0 aliphatic carbocycles. The van der Waals surface area contributed by atoms with Crippen molar-refractivity contribution in [3.05, 3.63) is 39.7 Å². The Morgan fingerprint density at radius 2 is 2.08 bits per heavy atom. The molecule has 1 atom stereocenters. The molecule has 2 aromatic rings. The van der Waals surface area contributed by atoms with E-state index in [9.17, 15) is 13.2 Å². The van der Waals surface area contributed by atoms with E-state index in [1.807, 2.05) is 26.0 Å². The minimum absolute atomic E-state index is 0.176. The molecule has 0 amide bonds. The molecule has 0 saturated carbocycles. The molecular formula is C18H22O5S. The van der Waals surface area contributed by atoms with Crippen LogP contribution in [0, 0.1) is 12.8 Å². The summed E-state index contributed by atoms with van der Waals surface area (Å²) in [5.41, 5.74) is 2.04. The largest absolute Gasteiger partial charge is 0.493 e. The molecule has 1 aliphatic rings. The van der Waals surface area contributed by atoms with E-state index in [1.165, 1.54) is 6.07 Å². The van der Waals surface area contributed by atoms with Gasteiger partial charge in [0.2, 0.25) is 0 Å². The van der Waals surface area contributed by atoms with E-state index in [0.29, 0.717) is 30.8 Å². The number of ether oxygens (including phenoxy) is 1. The first-order valence-electron chi connectivity index (χ1n) is 8.28. The van der Waals surface area contributed by atoms with Crippen LogP contribution in [0.2, 0.25) is 0 Å². The van der Waals surface area contributed by atoms with Crippen LogP contribution >= 0.6 is 0 Å². The van der Waals surface area contributed by atoms with Crippen molar-refractivity contribution in [1.82, 2.24) is 0 Å². The number of sulfone groups is 1. The van der Waals surface area contributed by atoms with Crippen LogP contribution < -0.4 is 10.4 Å². The van der Waals surface area contributed by atoms with Crippen LogP contribution in [0.1, 0.15) is 30.9 Å². The minimum atomic E-state index is -2.85. The molecule has 1 aromatic carbocycles. The highest BCUT2D eigenvalue weighted by Gasteiger charge is 2.27. The zero-order valence-electron chi connectivity index (χ0n) is 14.0. The van der Waals surface area contributed by atoms with Gasteiger partial charge in [-0.3, -0.25) is 0 Å². The average Bonchev–Trinajstić information content (AvgIpc) is 2.84. The molecular weight excluding hydrogens is 328 g/mol. The summed E-state index contributed by atoms with van der Waals surface area (Å²) in [6.45, 7) is 4.37. The molecule has 0 N–H and O–H groups in total. The van der Waals surface area contributed by atoms with E-state index in [2.05, 4.69) is 0 Å². The van der Waals surface area contributed by atoms with E-state index in [-0.39, 0.29) is 23.0 Å². The number of aryl methyl sites for hydroxylation is 2. The first kappa shape index (κ1) is 17.0. The van der Waals surface area contributed by atoms with Crippen molar-refractivity contribution in [2.45, 2.75) is 33.1 Å². The lowest BCUT2D eigenvalue weighted by Gasteiger charge is -2.14. The number of fused-ring (bicyclic) bond motifs is 1. The fraction of sp³-hybridized carbons (Fsp3) is 0.500. The van der Waals surface area contributed by atoms with Crippen molar-refractivity contribution in [2.24, 2.45) is 5.92 Å². The Kier molecular flexibility index (Phi) is 4.67. The quantitative estimate of drug-likeness (QED) is 0.775. The topological polar surface area (TPSA) is 73.6 Å². The van der Waals surface area contributed by atoms with Gasteiger partial charge in [0, 0.05) is 6.07 Å². The van der Waals surface area contributed by atoms with Gasteiger partial charge in [-0.05, 0) is 55.4 Å². The van der Waals surface area contributed by atoms with Crippen molar-refractivity contribution in [2.75, 3.05) is 18.1 Å². The Morgan fingerprint density at radius 1 is 1.29 bits per heavy atom. The predicted molar refractivity (Wildman–Crippen MR) is 93.5 cm³/mol. The summed E-state index contributed by atoms with van der Waals surface area (Å²) in [4.78, 5) is 11.7. The molecule has 0 radical (unpaired) electrons. The highest BCUT2D eigenvalue weighted by molar-refractivity contribution is 7.91. The van der Waals surface area contributed by atoms with Crippen LogP contribution in [0.15, 0.2) is 27.4 Å². The van der Waals surface area contributed by atoms with Gasteiger partial charge in [-0.1, -0.05) is 6.92 Å². The van der Waals surface area contributed by atoms with Gasteiger partial charge >= 0.3 is 5.63 Å². The zero-order valence-corrected chi connectivity index (χ0v) is 14.8. The van der Waals surface area contributed by atoms with E-state index in [1.54, 1.807) is 0 Å². The molecule has 0 spiro atoms. The highest BCUT2D eigenvalue weighted by Crippen LogP contribution is 2.31. The molecule has 1 aliphatic heterocycles. The molecule has 3 rings (SSSR count). The second-order valence-electron chi connectivity index (χ2n) is 6.49. The zero-order chi connectivity index (χ0) is 17.3. The first-order chi connectivity index (χ1) is 11.4. The molecule has 1 unspecified atom stereocenters. The Balaban J connectivity index is 1.82. The molecule has 24 heavy (non-hydrogen) atoms. The third kappa shape index (κ3) is 3.64. The fourth-order valence-electron chi connectivity index (χ4n) is 3.30. The summed E-state index contributed by atoms with van der Waals surface area (Å²) < 4.78 is 34.3. The molecule has 0 bridgehead atoms. The molecule has 2 heterocycles. The Labute approximate surface area is 141 Å². The van der Waals surface area contributed by atoms with Gasteiger partial charge in [-0.25, -0.2) is 13.2 Å². The van der Waals surface area contributed by atoms with Crippen LogP contribution in [-0.4, -0.2) is 26.5 Å². The Morgan fingerprint density at radius 3 is 2.75 bits per heavy atom. The minimum Gasteiger partial charge on any atom is -0.493 e. The van der Waals surface area contributed by atoms with Crippen LogP contribution in [0.25, 0.3) is 11.0 Å². The number of benzene rings is 1. The number of hydrogen-bond acceptors (Lipinski definition) is 5. The van der Waals surface area contributed by atoms with E-state index < -0.39 is 9.84 Å². The molecule has 1 aromatic heterocycles. The van der Waals surface area contributed by atoms with E-state index in [4.69, 9.17) is 9.15 Å². The normalized spacial score (nSPS) is 19.7. The molecule has 130 valence electrons. The smallest absolute Gasteiger partial charge is 0.336 e. The lowest BCUT2D eigenvalue weighted by Crippen LogP contribution is -2.10. The molecule has 1 fully saturated rings. The SMILES string of the molecule is CCc1cc(=O)oc2cc(C)cc(OCCC3CCS(=O)(=O)C3)c12. The first-order valence-corrected chi connectivity index (χ1v) is 10.1. The predicted octanol–water partition coefficient (Wildman–Crippen LogP) is 2.87. The maximum atomic E-state index is 11.7. The summed E-state index contributed by atoms with van der Waals surface area (Å²) in [5, 5.41) is 0.835. The maximum absolute atomic E-state index is 11.7. The van der Waals surface area contributed by atoms with Gasteiger partial charge in [0.1, 0.15) is 11.3 Å². The van der Waals surface area contributed by atoms with Crippen LogP contribution in [0.5, 0.6) is 5.75 Å². The lowest BCUT2D eigenvalue weighted by molar-refractivity contribution is 0.288. The van der Waals surface area contributed by atoms with E-state index >= 15 is 0 Å². The van der Waals surface area contributed by atoms with Gasteiger partial charge in [-0.2, -0.15) is 0 Å². The van der Waals surface area contributed by atoms with Crippen molar-refractivity contribution >= 4 is 20.8 Å². The summed E-state index contributed by atoms with van der Waals surface area (Å²) in [6.07, 6.45) is 2.14. The van der Waals surface area contributed by atoms with Crippen molar-refractivity contribution in [3.8, 4) is 5.75 Å². The summed E-state index contributed by atoms with van der Waals surface area (Å²) in [6, 6.07) is 5.28. The lowest BCUT2D eigenvalue weighted by atomic mass is 10.0. The summed E-state index contributed by atoms with van der Waals surface area (Å²) >= 11 is 0. The van der Waals surface area contributed by atoms with Crippen molar-refractivity contribution in [3.63, 3.8) is 0 Å². The Hall–Kier alpha value is -1.82. The van der Waals surface area contributed by atoms with Crippen LogP contribution in [-0.2, 0) is 16.3 Å². The standard InChI is InChI=1S/C18H22O5S/c1-3-14-10-17(19)23-16-9-12(2)8-15(18(14)16)22-6-4-13-5-7-24(20,21)11-13/h8-10,13H,3-7,11H2,1-2H3. The number of hydrogen-bond donors (Lipinski definition) is 0. The van der Waals surface area contributed by atoms with Gasteiger partial charge in [0.15, 0.2) is 9.84 Å². The van der Waals surface area contributed by atoms with Crippen molar-refractivity contribution < 1.29 is 17.6 Å². The molecule has 1 saturated heterocycles. The third-order valence-corrected chi connectivity index (χ3v) is 6.36. The second kappa shape index (κ2) is 6.59.